The van der Waals surface area contributed by atoms with E-state index < -0.39 is 138 Å². The molecular formula is C43H66O21. The van der Waals surface area contributed by atoms with Crippen LogP contribution in [0.2, 0.25) is 0 Å². The second kappa shape index (κ2) is 23.1. The number of rotatable bonds is 18. The average molecular weight is 919 g/mol. The number of carbonyl (C=O) groups is 8. The molecule has 364 valence electrons. The third-order valence-corrected chi connectivity index (χ3v) is 10.7. The normalized spacial score (nSPS) is 30.9. The molecule has 0 N–H and O–H groups in total. The third kappa shape index (κ3) is 14.8. The first-order valence-corrected chi connectivity index (χ1v) is 21.3. The summed E-state index contributed by atoms with van der Waals surface area (Å²) in [6.45, 7) is 19.0. The lowest BCUT2D eigenvalue weighted by Gasteiger charge is -2.52. The van der Waals surface area contributed by atoms with E-state index in [0.29, 0.717) is 6.42 Å². The number of carbonyl (C=O) groups excluding carboxylic acids is 8. The van der Waals surface area contributed by atoms with Crippen molar-refractivity contribution in [3.05, 3.63) is 0 Å². The van der Waals surface area contributed by atoms with Gasteiger partial charge in [0.05, 0.1) is 36.9 Å². The van der Waals surface area contributed by atoms with Gasteiger partial charge in [0.25, 0.3) is 0 Å². The summed E-state index contributed by atoms with van der Waals surface area (Å²) in [6.07, 6.45) is -15.4. The van der Waals surface area contributed by atoms with Crippen molar-refractivity contribution in [3.63, 3.8) is 0 Å². The molecule has 21 nitrogen and oxygen atoms in total. The van der Waals surface area contributed by atoms with E-state index in [4.69, 9.17) is 61.6 Å². The molecule has 0 aliphatic carbocycles. The summed E-state index contributed by atoms with van der Waals surface area (Å²) in [5, 5.41) is 0. The van der Waals surface area contributed by atoms with Crippen LogP contribution >= 0.6 is 0 Å². The molecule has 3 fully saturated rings. The Kier molecular flexibility index (Phi) is 19.5. The topological polar surface area (TPSA) is 257 Å². The Balaban J connectivity index is 2.03. The van der Waals surface area contributed by atoms with E-state index in [2.05, 4.69) is 0 Å². The van der Waals surface area contributed by atoms with Crippen molar-refractivity contribution in [2.24, 2.45) is 11.8 Å². The lowest BCUT2D eigenvalue weighted by molar-refractivity contribution is -0.318. The Hall–Kier alpha value is -4.44. The van der Waals surface area contributed by atoms with Gasteiger partial charge in [-0.1, -0.05) is 27.7 Å². The zero-order chi connectivity index (χ0) is 48.4. The highest BCUT2D eigenvalue weighted by atomic mass is 16.7. The minimum atomic E-state index is -1.55. The van der Waals surface area contributed by atoms with Crippen molar-refractivity contribution < 1.29 is 99.9 Å². The lowest BCUT2D eigenvalue weighted by atomic mass is 9.84. The quantitative estimate of drug-likeness (QED) is 0.141. The van der Waals surface area contributed by atoms with Crippen LogP contribution in [0.25, 0.3) is 0 Å². The van der Waals surface area contributed by atoms with E-state index >= 15 is 0 Å². The Bertz CT molecular complexity index is 1680. The summed E-state index contributed by atoms with van der Waals surface area (Å²) in [5.74, 6) is -6.42. The van der Waals surface area contributed by atoms with Crippen LogP contribution in [0.1, 0.15) is 110 Å². The molecule has 0 radical (unpaired) electrons. The van der Waals surface area contributed by atoms with E-state index in [1.54, 1.807) is 34.6 Å². The molecule has 3 rings (SSSR count). The number of esters is 8. The van der Waals surface area contributed by atoms with E-state index in [0.717, 1.165) is 48.5 Å². The van der Waals surface area contributed by atoms with Gasteiger partial charge in [-0.15, -0.1) is 0 Å². The first kappa shape index (κ1) is 53.9. The first-order chi connectivity index (χ1) is 29.7. The standard InChI is InChI=1S/C43H66O21/c1-15-43(14,39-36(60-27(10)49)32(56-23(6)45)29(17-53-39)55-22(5)44)64-31-18-52-38(35(59-26(9)48)33(31)57-24(7)46)42(12,13)63-30-19-54-41(62-40(51)21(4)16-20(2)3)37(61-28(11)50)34(30)58-25(8)47/h20-21,29-39,41H,15-19H2,1-14H3. The molecule has 64 heavy (non-hydrogen) atoms. The zero-order valence-corrected chi connectivity index (χ0v) is 39.2. The van der Waals surface area contributed by atoms with Gasteiger partial charge >= 0.3 is 47.8 Å². The average Bonchev–Trinajstić information content (AvgIpc) is 3.14. The summed E-state index contributed by atoms with van der Waals surface area (Å²) in [5.41, 5.74) is -3.02. The highest BCUT2D eigenvalue weighted by Gasteiger charge is 2.59. The fraction of sp³-hybridized carbons (Fsp3) is 0.814. The fourth-order valence-corrected chi connectivity index (χ4v) is 8.17. The van der Waals surface area contributed by atoms with Gasteiger partial charge in [0, 0.05) is 48.5 Å². The summed E-state index contributed by atoms with van der Waals surface area (Å²) >= 11 is 0. The molecule has 0 aromatic rings. The van der Waals surface area contributed by atoms with Crippen molar-refractivity contribution in [1.82, 2.24) is 0 Å². The van der Waals surface area contributed by atoms with Gasteiger partial charge < -0.3 is 61.6 Å². The van der Waals surface area contributed by atoms with Gasteiger partial charge in [-0.05, 0) is 39.5 Å². The molecule has 0 aromatic carbocycles. The van der Waals surface area contributed by atoms with Crippen molar-refractivity contribution >= 4 is 47.8 Å². The van der Waals surface area contributed by atoms with Gasteiger partial charge in [-0.2, -0.15) is 0 Å². The minimum absolute atomic E-state index is 0.135. The van der Waals surface area contributed by atoms with E-state index in [1.165, 1.54) is 0 Å². The maximum atomic E-state index is 13.1. The molecule has 3 saturated heterocycles. The van der Waals surface area contributed by atoms with Crippen molar-refractivity contribution in [3.8, 4) is 0 Å². The maximum absolute atomic E-state index is 13.1. The first-order valence-electron chi connectivity index (χ1n) is 21.3. The highest BCUT2D eigenvalue weighted by molar-refractivity contribution is 5.72. The molecule has 0 saturated carbocycles. The molecule has 14 unspecified atom stereocenters. The van der Waals surface area contributed by atoms with Crippen LogP contribution in [0.4, 0.5) is 0 Å². The number of ether oxygens (including phenoxy) is 13. The second-order valence-corrected chi connectivity index (χ2v) is 17.4. The largest absolute Gasteiger partial charge is 0.456 e. The Morgan fingerprint density at radius 3 is 1.33 bits per heavy atom. The van der Waals surface area contributed by atoms with E-state index in [9.17, 15) is 38.4 Å². The SMILES string of the molecule is CCC(C)(OC1COC(C(C)(C)OC2COC(OC(=O)C(C)CC(C)C)C(OC(C)=O)C2OC(C)=O)C(OC(C)=O)C1OC(C)=O)C1OCC(OC(C)=O)C(OC(C)=O)C1OC(C)=O. The summed E-state index contributed by atoms with van der Waals surface area (Å²) in [7, 11) is 0. The molecular weight excluding hydrogens is 852 g/mol. The molecule has 14 atom stereocenters. The smallest absolute Gasteiger partial charge is 0.311 e. The van der Waals surface area contributed by atoms with Crippen LogP contribution in [0.3, 0.4) is 0 Å². The van der Waals surface area contributed by atoms with Crippen LogP contribution in [-0.2, 0) is 99.9 Å². The molecule has 3 heterocycles. The van der Waals surface area contributed by atoms with Gasteiger partial charge in [0.15, 0.2) is 36.6 Å². The van der Waals surface area contributed by atoms with E-state index in [-0.39, 0.29) is 32.2 Å². The number of hydrogen-bond acceptors (Lipinski definition) is 21. The molecule has 0 amide bonds. The predicted octanol–water partition coefficient (Wildman–Crippen LogP) is 2.61. The van der Waals surface area contributed by atoms with E-state index in [1.807, 2.05) is 13.8 Å². The third-order valence-electron chi connectivity index (χ3n) is 10.7. The summed E-state index contributed by atoms with van der Waals surface area (Å²) in [4.78, 5) is 100. The fourth-order valence-electron chi connectivity index (χ4n) is 8.17. The Morgan fingerprint density at radius 2 is 0.859 bits per heavy atom. The van der Waals surface area contributed by atoms with Crippen LogP contribution in [0, 0.1) is 11.8 Å². The van der Waals surface area contributed by atoms with Gasteiger partial charge in [-0.25, -0.2) is 0 Å². The second-order valence-electron chi connectivity index (χ2n) is 17.4. The zero-order valence-electron chi connectivity index (χ0n) is 39.2. The molecule has 3 aliphatic heterocycles. The molecule has 0 aromatic heterocycles. The predicted molar refractivity (Wildman–Crippen MR) is 215 cm³/mol. The minimum Gasteiger partial charge on any atom is -0.456 e. The van der Waals surface area contributed by atoms with Crippen molar-refractivity contribution in [2.45, 2.75) is 194 Å². The Morgan fingerprint density at radius 1 is 0.484 bits per heavy atom. The maximum Gasteiger partial charge on any atom is 0.311 e. The molecule has 3 aliphatic rings. The van der Waals surface area contributed by atoms with Crippen molar-refractivity contribution in [1.29, 1.82) is 0 Å². The van der Waals surface area contributed by atoms with Gasteiger partial charge in [-0.3, -0.25) is 38.4 Å². The number of hydrogen-bond donors (Lipinski definition) is 0. The Labute approximate surface area is 373 Å². The highest BCUT2D eigenvalue weighted by Crippen LogP contribution is 2.40. The van der Waals surface area contributed by atoms with Crippen LogP contribution in [-0.4, -0.2) is 152 Å². The van der Waals surface area contributed by atoms with Crippen LogP contribution in [0.5, 0.6) is 0 Å². The van der Waals surface area contributed by atoms with Crippen LogP contribution < -0.4 is 0 Å². The molecule has 0 spiro atoms. The monoisotopic (exact) mass is 918 g/mol. The van der Waals surface area contributed by atoms with Gasteiger partial charge in [0.1, 0.15) is 24.4 Å². The molecule has 21 heteroatoms. The molecule has 0 bridgehead atoms. The van der Waals surface area contributed by atoms with Crippen molar-refractivity contribution in [2.75, 3.05) is 19.8 Å². The lowest BCUT2D eigenvalue weighted by Crippen LogP contribution is -2.68. The summed E-state index contributed by atoms with van der Waals surface area (Å²) in [6, 6.07) is 0. The summed E-state index contributed by atoms with van der Waals surface area (Å²) < 4.78 is 76.9. The van der Waals surface area contributed by atoms with Crippen LogP contribution in [0.15, 0.2) is 0 Å². The van der Waals surface area contributed by atoms with Gasteiger partial charge in [0.2, 0.25) is 12.4 Å².